The van der Waals surface area contributed by atoms with Crippen molar-refractivity contribution in [2.75, 3.05) is 24.7 Å². The summed E-state index contributed by atoms with van der Waals surface area (Å²) in [7, 11) is 0. The Balaban J connectivity index is 2.09. The van der Waals surface area contributed by atoms with Crippen LogP contribution in [0.25, 0.3) is 0 Å². The third-order valence-corrected chi connectivity index (χ3v) is 6.12. The number of hydrogen-bond acceptors (Lipinski definition) is 3. The van der Waals surface area contributed by atoms with Gasteiger partial charge in [0.25, 0.3) is 5.91 Å². The second-order valence-electron chi connectivity index (χ2n) is 7.04. The first-order valence-corrected chi connectivity index (χ1v) is 11.1. The third kappa shape index (κ3) is 6.14. The molecule has 0 heterocycles. The van der Waals surface area contributed by atoms with Crippen LogP contribution in [0.3, 0.4) is 0 Å². The number of nitrogens with two attached hydrogens (primary N) is 1. The number of amides is 1. The van der Waals surface area contributed by atoms with Crippen molar-refractivity contribution in [1.82, 2.24) is 10.2 Å². The molecule has 1 aliphatic carbocycles. The first-order valence-electron chi connectivity index (χ1n) is 9.73. The molecule has 0 radical (unpaired) electrons. The Morgan fingerprint density at radius 3 is 2.69 bits per heavy atom. The third-order valence-electron chi connectivity index (χ3n) is 5.19. The number of carbonyl (C=O) groups excluding carboxylic acids is 1. The Morgan fingerprint density at radius 1 is 1.31 bits per heavy atom. The summed E-state index contributed by atoms with van der Waals surface area (Å²) in [6, 6.07) is 4.38. The molecule has 1 aromatic rings. The van der Waals surface area contributed by atoms with Gasteiger partial charge >= 0.3 is 0 Å². The lowest BCUT2D eigenvalue weighted by atomic mass is 9.93. The van der Waals surface area contributed by atoms with Crippen molar-refractivity contribution in [3.63, 3.8) is 0 Å². The molecule has 0 spiro atoms. The topological polar surface area (TPSA) is 58.4 Å². The molecule has 146 valence electrons. The second-order valence-corrected chi connectivity index (χ2v) is 8.27. The standard InChI is InChI=1S/C20H31BrClN3O/c1-2-25(17-8-4-3-5-9-17)14-16-12-15(13-18(21)19(16)23)20(26)24-11-7-6-10-22/h12-13,17H,2-11,14,23H2,1H3,(H,24,26). The molecule has 0 aliphatic heterocycles. The van der Waals surface area contributed by atoms with Crippen LogP contribution in [0.2, 0.25) is 0 Å². The molecule has 1 aromatic carbocycles. The van der Waals surface area contributed by atoms with E-state index in [0.717, 1.165) is 41.7 Å². The van der Waals surface area contributed by atoms with Crippen LogP contribution < -0.4 is 11.1 Å². The molecule has 0 unspecified atom stereocenters. The van der Waals surface area contributed by atoms with E-state index in [9.17, 15) is 4.79 Å². The number of nitrogen functional groups attached to an aromatic ring is 1. The van der Waals surface area contributed by atoms with Crippen LogP contribution in [0.5, 0.6) is 0 Å². The van der Waals surface area contributed by atoms with E-state index in [4.69, 9.17) is 17.3 Å². The van der Waals surface area contributed by atoms with Crippen LogP contribution in [-0.2, 0) is 6.54 Å². The summed E-state index contributed by atoms with van der Waals surface area (Å²) in [5.74, 6) is 0.573. The number of benzene rings is 1. The van der Waals surface area contributed by atoms with Crippen molar-refractivity contribution in [3.05, 3.63) is 27.7 Å². The lowest BCUT2D eigenvalue weighted by molar-refractivity contribution is 0.0953. The van der Waals surface area contributed by atoms with E-state index < -0.39 is 0 Å². The highest BCUT2D eigenvalue weighted by Crippen LogP contribution is 2.29. The van der Waals surface area contributed by atoms with Crippen molar-refractivity contribution in [2.45, 2.75) is 64.5 Å². The highest BCUT2D eigenvalue weighted by Gasteiger charge is 2.21. The van der Waals surface area contributed by atoms with Crippen molar-refractivity contribution < 1.29 is 4.79 Å². The smallest absolute Gasteiger partial charge is 0.251 e. The summed E-state index contributed by atoms with van der Waals surface area (Å²) in [5.41, 5.74) is 8.72. The van der Waals surface area contributed by atoms with Gasteiger partial charge in [-0.3, -0.25) is 9.69 Å². The Morgan fingerprint density at radius 2 is 2.04 bits per heavy atom. The first kappa shape index (κ1) is 21.5. The van der Waals surface area contributed by atoms with E-state index >= 15 is 0 Å². The molecular weight excluding hydrogens is 414 g/mol. The van der Waals surface area contributed by atoms with E-state index in [1.165, 1.54) is 32.1 Å². The normalized spacial score (nSPS) is 15.4. The van der Waals surface area contributed by atoms with Gasteiger partial charge in [0.15, 0.2) is 0 Å². The van der Waals surface area contributed by atoms with Gasteiger partial charge in [-0.05, 0) is 65.9 Å². The summed E-state index contributed by atoms with van der Waals surface area (Å²) >= 11 is 9.21. The van der Waals surface area contributed by atoms with Crippen molar-refractivity contribution in [3.8, 4) is 0 Å². The van der Waals surface area contributed by atoms with Gasteiger partial charge in [-0.1, -0.05) is 26.2 Å². The Kier molecular flexibility index (Phi) is 9.23. The Hall–Kier alpha value is -0.780. The number of nitrogens with zero attached hydrogens (tertiary/aromatic N) is 1. The summed E-state index contributed by atoms with van der Waals surface area (Å²) in [6.45, 7) is 4.63. The van der Waals surface area contributed by atoms with E-state index in [-0.39, 0.29) is 5.91 Å². The molecule has 4 nitrogen and oxygen atoms in total. The number of rotatable bonds is 9. The SMILES string of the molecule is CCN(Cc1cc(C(=O)NCCCCCl)cc(Br)c1N)C1CCCCC1. The monoisotopic (exact) mass is 443 g/mol. The molecule has 26 heavy (non-hydrogen) atoms. The molecular formula is C20H31BrClN3O. The molecule has 1 amide bonds. The maximum Gasteiger partial charge on any atom is 0.251 e. The fourth-order valence-electron chi connectivity index (χ4n) is 3.62. The molecule has 0 bridgehead atoms. The van der Waals surface area contributed by atoms with Gasteiger partial charge in [0.2, 0.25) is 0 Å². The van der Waals surface area contributed by atoms with E-state index in [1.54, 1.807) is 0 Å². The average molecular weight is 445 g/mol. The second kappa shape index (κ2) is 11.2. The minimum absolute atomic E-state index is 0.0535. The van der Waals surface area contributed by atoms with Crippen LogP contribution in [0.15, 0.2) is 16.6 Å². The van der Waals surface area contributed by atoms with Crippen LogP contribution >= 0.6 is 27.5 Å². The molecule has 0 saturated heterocycles. The average Bonchev–Trinajstić information content (AvgIpc) is 2.66. The minimum atomic E-state index is -0.0535. The highest BCUT2D eigenvalue weighted by atomic mass is 79.9. The van der Waals surface area contributed by atoms with Gasteiger partial charge in [0.05, 0.1) is 5.69 Å². The molecule has 1 aliphatic rings. The maximum atomic E-state index is 12.5. The Labute approximate surface area is 171 Å². The molecule has 1 fully saturated rings. The van der Waals surface area contributed by atoms with Gasteiger partial charge in [-0.15, -0.1) is 11.6 Å². The fourth-order valence-corrected chi connectivity index (χ4v) is 4.31. The number of halogens is 2. The first-order chi connectivity index (χ1) is 12.6. The van der Waals surface area contributed by atoms with Crippen LogP contribution in [0, 0.1) is 0 Å². The molecule has 3 N–H and O–H groups in total. The number of carbonyl (C=O) groups is 1. The number of unbranched alkanes of at least 4 members (excludes halogenated alkanes) is 1. The fraction of sp³-hybridized carbons (Fsp3) is 0.650. The number of alkyl halides is 1. The van der Waals surface area contributed by atoms with Gasteiger partial charge in [0.1, 0.15) is 0 Å². The number of nitrogens with one attached hydrogen (secondary N) is 1. The molecule has 0 atom stereocenters. The van der Waals surface area contributed by atoms with E-state index in [2.05, 4.69) is 33.1 Å². The van der Waals surface area contributed by atoms with Crippen molar-refractivity contribution in [1.29, 1.82) is 0 Å². The zero-order valence-corrected chi connectivity index (χ0v) is 18.0. The summed E-state index contributed by atoms with van der Waals surface area (Å²) in [5, 5.41) is 2.97. The van der Waals surface area contributed by atoms with E-state index in [1.807, 2.05) is 12.1 Å². The largest absolute Gasteiger partial charge is 0.398 e. The predicted molar refractivity (Wildman–Crippen MR) is 114 cm³/mol. The van der Waals surface area contributed by atoms with Crippen LogP contribution in [-0.4, -0.2) is 35.8 Å². The van der Waals surface area contributed by atoms with E-state index in [0.29, 0.717) is 24.0 Å². The summed E-state index contributed by atoms with van der Waals surface area (Å²) < 4.78 is 0.792. The predicted octanol–water partition coefficient (Wildman–Crippen LogP) is 4.93. The highest BCUT2D eigenvalue weighted by molar-refractivity contribution is 9.10. The summed E-state index contributed by atoms with van der Waals surface area (Å²) in [4.78, 5) is 15.0. The quantitative estimate of drug-likeness (QED) is 0.322. The Bertz CT molecular complexity index is 591. The van der Waals surface area contributed by atoms with Gasteiger partial charge in [-0.25, -0.2) is 0 Å². The number of anilines is 1. The van der Waals surface area contributed by atoms with Crippen molar-refractivity contribution >= 4 is 39.1 Å². The molecule has 6 heteroatoms. The minimum Gasteiger partial charge on any atom is -0.398 e. The maximum absolute atomic E-state index is 12.5. The molecule has 1 saturated carbocycles. The van der Waals surface area contributed by atoms with Gasteiger partial charge in [0, 0.05) is 35.0 Å². The zero-order valence-electron chi connectivity index (χ0n) is 15.7. The lowest BCUT2D eigenvalue weighted by Gasteiger charge is -2.34. The van der Waals surface area contributed by atoms with Crippen molar-refractivity contribution in [2.24, 2.45) is 0 Å². The lowest BCUT2D eigenvalue weighted by Crippen LogP contribution is -2.36. The van der Waals surface area contributed by atoms with Gasteiger partial charge in [-0.2, -0.15) is 0 Å². The molecule has 0 aromatic heterocycles. The van der Waals surface area contributed by atoms with Gasteiger partial charge < -0.3 is 11.1 Å². The number of hydrogen-bond donors (Lipinski definition) is 2. The molecule has 2 rings (SSSR count). The zero-order chi connectivity index (χ0) is 18.9. The summed E-state index contributed by atoms with van der Waals surface area (Å²) in [6.07, 6.45) is 8.29. The van der Waals surface area contributed by atoms with Crippen LogP contribution in [0.4, 0.5) is 5.69 Å². The van der Waals surface area contributed by atoms with Crippen LogP contribution in [0.1, 0.15) is 67.8 Å².